The maximum atomic E-state index is 15.7. The summed E-state index contributed by atoms with van der Waals surface area (Å²) in [5.41, 5.74) is 4.72. The van der Waals surface area contributed by atoms with Gasteiger partial charge in [-0.2, -0.15) is 0 Å². The third kappa shape index (κ3) is 6.20. The smallest absolute Gasteiger partial charge is 0.305 e. The van der Waals surface area contributed by atoms with Crippen molar-refractivity contribution >= 4 is 16.9 Å². The molecule has 1 atom stereocenters. The summed E-state index contributed by atoms with van der Waals surface area (Å²) >= 11 is 0. The second kappa shape index (κ2) is 13.1. The van der Waals surface area contributed by atoms with Crippen molar-refractivity contribution in [3.63, 3.8) is 0 Å². The van der Waals surface area contributed by atoms with Crippen LogP contribution in [0.25, 0.3) is 22.3 Å². The first-order chi connectivity index (χ1) is 23.3. The number of imidazole rings is 1. The first-order valence-electron chi connectivity index (χ1n) is 16.2. The fourth-order valence-electron chi connectivity index (χ4n) is 6.60. The quantitative estimate of drug-likeness (QED) is 0.189. The molecule has 7 rings (SSSR count). The number of aromatic nitrogens is 6. The van der Waals surface area contributed by atoms with Crippen molar-refractivity contribution in [2.45, 2.75) is 63.8 Å². The molecule has 0 amide bonds. The van der Waals surface area contributed by atoms with Crippen LogP contribution in [0.2, 0.25) is 0 Å². The van der Waals surface area contributed by atoms with E-state index in [0.717, 1.165) is 60.0 Å². The minimum Gasteiger partial charge on any atom is -0.469 e. The van der Waals surface area contributed by atoms with Gasteiger partial charge in [0, 0.05) is 58.7 Å². The van der Waals surface area contributed by atoms with Crippen LogP contribution in [0.3, 0.4) is 0 Å². The molecule has 48 heavy (non-hydrogen) atoms. The second-order valence-electron chi connectivity index (χ2n) is 12.6. The number of carbonyl (C=O) groups excluding carboxylic acids is 1. The summed E-state index contributed by atoms with van der Waals surface area (Å²) in [5.74, 6) is -0.656. The number of hydrogen-bond acceptors (Lipinski definition) is 6. The average Bonchev–Trinajstić information content (AvgIpc) is 3.87. The van der Waals surface area contributed by atoms with Crippen molar-refractivity contribution in [2.24, 2.45) is 0 Å². The minimum absolute atomic E-state index is 0.0365. The van der Waals surface area contributed by atoms with Gasteiger partial charge in [0.25, 0.3) is 0 Å². The summed E-state index contributed by atoms with van der Waals surface area (Å²) in [6.45, 7) is 2.40. The molecule has 1 aliphatic rings. The molecule has 0 aliphatic carbocycles. The highest BCUT2D eigenvalue weighted by atomic mass is 19.1. The molecule has 1 unspecified atom stereocenters. The number of fused-ring (bicyclic) bond motifs is 10. The lowest BCUT2D eigenvalue weighted by Gasteiger charge is -2.30. The number of H-pyrrole nitrogens is 2. The van der Waals surface area contributed by atoms with Gasteiger partial charge in [-0.3, -0.25) is 4.79 Å². The lowest BCUT2D eigenvalue weighted by atomic mass is 9.75. The van der Waals surface area contributed by atoms with Crippen LogP contribution in [0.4, 0.5) is 8.78 Å². The summed E-state index contributed by atoms with van der Waals surface area (Å²) in [4.78, 5) is 23.0. The molecule has 9 nitrogen and oxygen atoms in total. The van der Waals surface area contributed by atoms with E-state index in [9.17, 15) is 4.79 Å². The topological polar surface area (TPSA) is 111 Å². The van der Waals surface area contributed by atoms with E-state index in [2.05, 4.69) is 44.3 Å². The number of aromatic amines is 2. The molecule has 3 aromatic heterocycles. The number of carbonyl (C=O) groups is 1. The van der Waals surface area contributed by atoms with Crippen molar-refractivity contribution in [3.05, 3.63) is 113 Å². The molecule has 6 aromatic rings. The number of ether oxygens (including phenoxy) is 2. The highest BCUT2D eigenvalue weighted by Gasteiger charge is 2.31. The number of aryl methyl sites for hydroxylation is 2. The highest BCUT2D eigenvalue weighted by molar-refractivity contribution is 5.85. The van der Waals surface area contributed by atoms with Crippen molar-refractivity contribution in [3.8, 4) is 22.9 Å². The Morgan fingerprint density at radius 1 is 1.08 bits per heavy atom. The zero-order valence-corrected chi connectivity index (χ0v) is 26.9. The first kappa shape index (κ1) is 31.3. The number of nitrogens with one attached hydrogen (secondary N) is 2. The SMILES string of the molecule is COC(=O)CCc1cccc(C2(C)CCCCCc3cn(nn3)Cc3c(c(F)cc4[nH]ccc34)Oc3ccc(F)c(c3)-c3ncc2[nH]3)c1. The van der Waals surface area contributed by atoms with Gasteiger partial charge in [0.05, 0.1) is 24.9 Å². The maximum absolute atomic E-state index is 15.7. The van der Waals surface area contributed by atoms with E-state index in [1.165, 1.54) is 31.4 Å². The van der Waals surface area contributed by atoms with Crippen LogP contribution in [0.5, 0.6) is 11.5 Å². The standard InChI is InChI=1S/C37H36F2N6O3/c1-37(24-8-6-7-23(17-24)10-13-34(46)47-2)15-5-3-4-9-25-21-45(44-43-25)22-29-27-14-16-40-32(27)19-31(39)35(29)48-26-11-12-30(38)28(18-26)36-41-20-33(37)42-36/h6-8,11-12,14,16-21,40H,3-5,9-10,13,15,22H2,1-2H3,(H,41,42). The average molecular weight is 651 g/mol. The van der Waals surface area contributed by atoms with Crippen LogP contribution in [0.1, 0.15) is 67.1 Å². The number of benzene rings is 3. The molecule has 1 aliphatic heterocycles. The van der Waals surface area contributed by atoms with Crippen LogP contribution in [0, 0.1) is 11.6 Å². The van der Waals surface area contributed by atoms with Crippen molar-refractivity contribution in [1.29, 1.82) is 0 Å². The molecule has 0 fully saturated rings. The predicted octanol–water partition coefficient (Wildman–Crippen LogP) is 7.80. The molecule has 0 radical (unpaired) electrons. The van der Waals surface area contributed by atoms with E-state index >= 15 is 8.78 Å². The molecule has 0 saturated carbocycles. The maximum Gasteiger partial charge on any atom is 0.305 e. The molecule has 2 N–H and O–H groups in total. The third-order valence-electron chi connectivity index (χ3n) is 9.37. The number of halogens is 2. The zero-order valence-electron chi connectivity index (χ0n) is 26.9. The lowest BCUT2D eigenvalue weighted by Crippen LogP contribution is -2.24. The number of esters is 1. The number of rotatable bonds is 4. The Morgan fingerprint density at radius 3 is 2.85 bits per heavy atom. The molecule has 0 spiro atoms. The van der Waals surface area contributed by atoms with E-state index in [-0.39, 0.29) is 36.0 Å². The minimum atomic E-state index is -0.554. The fraction of sp³-hybridized carbons (Fsp3) is 0.297. The van der Waals surface area contributed by atoms with Crippen LogP contribution in [-0.4, -0.2) is 43.0 Å². The van der Waals surface area contributed by atoms with E-state index in [1.54, 1.807) is 17.1 Å². The largest absolute Gasteiger partial charge is 0.469 e. The summed E-state index contributed by atoms with van der Waals surface area (Å²) in [5, 5.41) is 9.53. The normalized spacial score (nSPS) is 16.8. The Kier molecular flexibility index (Phi) is 8.51. The Morgan fingerprint density at radius 2 is 1.98 bits per heavy atom. The molecule has 4 heterocycles. The van der Waals surface area contributed by atoms with E-state index in [1.807, 2.05) is 24.4 Å². The Labute approximate surface area is 276 Å². The second-order valence-corrected chi connectivity index (χ2v) is 12.6. The van der Waals surface area contributed by atoms with Gasteiger partial charge in [0.1, 0.15) is 17.4 Å². The molecule has 246 valence electrons. The Hall–Kier alpha value is -5.32. The van der Waals surface area contributed by atoms with Crippen molar-refractivity contribution < 1.29 is 23.0 Å². The van der Waals surface area contributed by atoms with Gasteiger partial charge in [0.2, 0.25) is 0 Å². The van der Waals surface area contributed by atoms with Crippen molar-refractivity contribution in [2.75, 3.05) is 7.11 Å². The molecular formula is C37H36F2N6O3. The van der Waals surface area contributed by atoms with Crippen LogP contribution < -0.4 is 4.74 Å². The monoisotopic (exact) mass is 650 g/mol. The molecule has 6 bridgehead atoms. The molecule has 0 saturated heterocycles. The van der Waals surface area contributed by atoms with Crippen LogP contribution >= 0.6 is 0 Å². The number of nitrogens with zero attached hydrogens (tertiary/aromatic N) is 4. The zero-order chi connectivity index (χ0) is 33.3. The van der Waals surface area contributed by atoms with Gasteiger partial charge in [-0.05, 0) is 68.0 Å². The number of hydrogen-bond donors (Lipinski definition) is 2. The Balaban J connectivity index is 1.30. The van der Waals surface area contributed by atoms with E-state index in [4.69, 9.17) is 9.47 Å². The van der Waals surface area contributed by atoms with E-state index in [0.29, 0.717) is 23.3 Å². The van der Waals surface area contributed by atoms with Crippen LogP contribution in [0.15, 0.2) is 73.2 Å². The molecule has 11 heteroatoms. The summed E-state index contributed by atoms with van der Waals surface area (Å²) in [6, 6.07) is 15.8. The lowest BCUT2D eigenvalue weighted by molar-refractivity contribution is -0.140. The van der Waals surface area contributed by atoms with E-state index < -0.39 is 17.0 Å². The first-order valence-corrected chi connectivity index (χ1v) is 16.2. The summed E-state index contributed by atoms with van der Waals surface area (Å²) in [7, 11) is 1.39. The van der Waals surface area contributed by atoms with Crippen molar-refractivity contribution in [1.82, 2.24) is 29.9 Å². The summed E-state index contributed by atoms with van der Waals surface area (Å²) < 4.78 is 43.8. The van der Waals surface area contributed by atoms with Gasteiger partial charge in [-0.25, -0.2) is 18.4 Å². The molecular weight excluding hydrogens is 614 g/mol. The Bertz CT molecular complexity index is 2100. The predicted molar refractivity (Wildman–Crippen MR) is 177 cm³/mol. The molecule has 3 aromatic carbocycles. The highest BCUT2D eigenvalue weighted by Crippen LogP contribution is 2.40. The van der Waals surface area contributed by atoms with Gasteiger partial charge in [-0.1, -0.05) is 42.3 Å². The van der Waals surface area contributed by atoms with Gasteiger partial charge in [0.15, 0.2) is 11.6 Å². The van der Waals surface area contributed by atoms with Crippen LogP contribution in [-0.2, 0) is 34.3 Å². The fourth-order valence-corrected chi connectivity index (χ4v) is 6.60. The third-order valence-corrected chi connectivity index (χ3v) is 9.37. The van der Waals surface area contributed by atoms with Gasteiger partial charge < -0.3 is 19.4 Å². The van der Waals surface area contributed by atoms with Gasteiger partial charge >= 0.3 is 5.97 Å². The summed E-state index contributed by atoms with van der Waals surface area (Å²) in [6.07, 6.45) is 10.6. The number of methoxy groups -OCH3 is 1. The van der Waals surface area contributed by atoms with Gasteiger partial charge in [-0.15, -0.1) is 5.10 Å².